The van der Waals surface area contributed by atoms with Gasteiger partial charge >= 0.3 is 0 Å². The van der Waals surface area contributed by atoms with Crippen molar-refractivity contribution >= 4 is 11.6 Å². The highest BCUT2D eigenvalue weighted by atomic mass is 19.2. The Morgan fingerprint density at radius 1 is 0.962 bits per heavy atom. The zero-order valence-corrected chi connectivity index (χ0v) is 14.9. The van der Waals surface area contributed by atoms with Gasteiger partial charge in [0, 0.05) is 0 Å². The summed E-state index contributed by atoms with van der Waals surface area (Å²) in [6.45, 7) is 3.64. The van der Waals surface area contributed by atoms with Crippen LogP contribution in [0.1, 0.15) is 25.3 Å². The number of carbonyl (C=O) groups excluding carboxylic acids is 1. The van der Waals surface area contributed by atoms with Crippen LogP contribution >= 0.6 is 0 Å². The summed E-state index contributed by atoms with van der Waals surface area (Å²) < 4.78 is 50.7. The highest BCUT2D eigenvalue weighted by molar-refractivity contribution is 5.96. The lowest BCUT2D eigenvalue weighted by atomic mass is 9.87. The van der Waals surface area contributed by atoms with E-state index >= 15 is 0 Å². The molecule has 0 aliphatic heterocycles. The van der Waals surface area contributed by atoms with Gasteiger partial charge in [-0.25, -0.2) is 13.2 Å². The van der Waals surface area contributed by atoms with Gasteiger partial charge in [0.2, 0.25) is 5.91 Å². The van der Waals surface area contributed by atoms with Crippen LogP contribution in [-0.4, -0.2) is 20.1 Å². The van der Waals surface area contributed by atoms with E-state index in [-0.39, 0.29) is 5.92 Å². The number of methoxy groups -OCH3 is 2. The minimum absolute atomic E-state index is 0.151. The molecule has 140 valence electrons. The molecular weight excluding hydrogens is 347 g/mol. The summed E-state index contributed by atoms with van der Waals surface area (Å²) in [5.41, 5.74) is 0.207. The molecule has 0 aliphatic rings. The van der Waals surface area contributed by atoms with Gasteiger partial charge in [0.25, 0.3) is 0 Å². The van der Waals surface area contributed by atoms with Crippen LogP contribution in [0.2, 0.25) is 0 Å². The Labute approximate surface area is 149 Å². The number of amides is 1. The van der Waals surface area contributed by atoms with Gasteiger partial charge in [-0.2, -0.15) is 0 Å². The highest BCUT2D eigenvalue weighted by Gasteiger charge is 2.27. The van der Waals surface area contributed by atoms with E-state index in [2.05, 4.69) is 5.32 Å². The molecule has 0 fully saturated rings. The van der Waals surface area contributed by atoms with Crippen molar-refractivity contribution in [3.63, 3.8) is 0 Å². The smallest absolute Gasteiger partial charge is 0.232 e. The van der Waals surface area contributed by atoms with Gasteiger partial charge in [-0.1, -0.05) is 19.9 Å². The number of ether oxygens (including phenoxy) is 2. The summed E-state index contributed by atoms with van der Waals surface area (Å²) in [5, 5.41) is 2.33. The molecule has 2 aromatic carbocycles. The van der Waals surface area contributed by atoms with Crippen molar-refractivity contribution in [1.29, 1.82) is 0 Å². The number of hydrogen-bond acceptors (Lipinski definition) is 3. The molecule has 0 spiro atoms. The monoisotopic (exact) mass is 367 g/mol. The van der Waals surface area contributed by atoms with Crippen molar-refractivity contribution in [2.45, 2.75) is 19.8 Å². The van der Waals surface area contributed by atoms with Crippen LogP contribution in [0.3, 0.4) is 0 Å². The van der Waals surface area contributed by atoms with E-state index in [1.54, 1.807) is 18.2 Å². The fourth-order valence-electron chi connectivity index (χ4n) is 2.72. The average Bonchev–Trinajstić information content (AvgIpc) is 2.61. The Kier molecular flexibility index (Phi) is 6.13. The second kappa shape index (κ2) is 8.12. The zero-order valence-electron chi connectivity index (χ0n) is 14.9. The lowest BCUT2D eigenvalue weighted by Crippen LogP contribution is -2.26. The van der Waals surface area contributed by atoms with Crippen LogP contribution in [-0.2, 0) is 4.79 Å². The van der Waals surface area contributed by atoms with Crippen LogP contribution in [0, 0.1) is 23.4 Å². The number of nitrogens with one attached hydrogen (secondary N) is 1. The zero-order chi connectivity index (χ0) is 19.4. The SMILES string of the molecule is COc1ccc(C(C(=O)Nc2ccc(F)c(F)c2F)C(C)C)cc1OC. The molecule has 0 bridgehead atoms. The van der Waals surface area contributed by atoms with Crippen molar-refractivity contribution < 1.29 is 27.4 Å². The molecule has 0 saturated carbocycles. The Balaban J connectivity index is 2.36. The van der Waals surface area contributed by atoms with Crippen molar-refractivity contribution in [3.8, 4) is 11.5 Å². The van der Waals surface area contributed by atoms with E-state index in [9.17, 15) is 18.0 Å². The maximum absolute atomic E-state index is 13.8. The summed E-state index contributed by atoms with van der Waals surface area (Å²) in [4.78, 5) is 12.7. The first-order chi connectivity index (χ1) is 12.3. The highest BCUT2D eigenvalue weighted by Crippen LogP contribution is 2.34. The minimum atomic E-state index is -1.63. The lowest BCUT2D eigenvalue weighted by Gasteiger charge is -2.22. The molecule has 0 saturated heterocycles. The molecule has 7 heteroatoms. The molecule has 1 unspecified atom stereocenters. The van der Waals surface area contributed by atoms with E-state index in [0.717, 1.165) is 12.1 Å². The summed E-state index contributed by atoms with van der Waals surface area (Å²) in [6, 6.07) is 6.76. The number of carbonyl (C=O) groups is 1. The number of anilines is 1. The standard InChI is InChI=1S/C19H20F3NO3/c1-10(2)16(11-5-8-14(25-3)15(9-11)26-4)19(24)23-13-7-6-12(20)17(21)18(13)22/h5-10,16H,1-4H3,(H,23,24). The van der Waals surface area contributed by atoms with Crippen LogP contribution in [0.5, 0.6) is 11.5 Å². The summed E-state index contributed by atoms with van der Waals surface area (Å²) in [6.07, 6.45) is 0. The van der Waals surface area contributed by atoms with Gasteiger partial charge in [-0.05, 0) is 35.7 Å². The van der Waals surface area contributed by atoms with Gasteiger partial charge < -0.3 is 14.8 Å². The maximum Gasteiger partial charge on any atom is 0.232 e. The van der Waals surface area contributed by atoms with Crippen LogP contribution in [0.15, 0.2) is 30.3 Å². The number of benzene rings is 2. The number of rotatable bonds is 6. The molecule has 4 nitrogen and oxygen atoms in total. The van der Waals surface area contributed by atoms with Gasteiger partial charge in [0.1, 0.15) is 0 Å². The van der Waals surface area contributed by atoms with Crippen LogP contribution in [0.25, 0.3) is 0 Å². The number of halogens is 3. The molecule has 0 aliphatic carbocycles. The number of hydrogen-bond donors (Lipinski definition) is 1. The molecule has 26 heavy (non-hydrogen) atoms. The molecular formula is C19H20F3NO3. The summed E-state index contributed by atoms with van der Waals surface area (Å²) in [5.74, 6) is -4.79. The molecule has 0 aromatic heterocycles. The lowest BCUT2D eigenvalue weighted by molar-refractivity contribution is -0.118. The van der Waals surface area contributed by atoms with E-state index in [1.807, 2.05) is 13.8 Å². The second-order valence-electron chi connectivity index (χ2n) is 6.05. The molecule has 2 aromatic rings. The third-order valence-corrected chi connectivity index (χ3v) is 4.01. The summed E-state index contributed by atoms with van der Waals surface area (Å²) >= 11 is 0. The predicted octanol–water partition coefficient (Wildman–Crippen LogP) is 4.50. The fourth-order valence-corrected chi connectivity index (χ4v) is 2.72. The first kappa shape index (κ1) is 19.6. The van der Waals surface area contributed by atoms with Crippen LogP contribution < -0.4 is 14.8 Å². The van der Waals surface area contributed by atoms with Crippen molar-refractivity contribution in [3.05, 3.63) is 53.3 Å². The maximum atomic E-state index is 13.8. The Hall–Kier alpha value is -2.70. The van der Waals surface area contributed by atoms with E-state index in [0.29, 0.717) is 17.1 Å². The average molecular weight is 367 g/mol. The van der Waals surface area contributed by atoms with Gasteiger partial charge in [0.05, 0.1) is 25.8 Å². The Bertz CT molecular complexity index is 809. The molecule has 1 N–H and O–H groups in total. The molecule has 1 amide bonds. The minimum Gasteiger partial charge on any atom is -0.493 e. The molecule has 0 radical (unpaired) electrons. The third kappa shape index (κ3) is 3.92. The first-order valence-electron chi connectivity index (χ1n) is 7.96. The third-order valence-electron chi connectivity index (χ3n) is 4.01. The van der Waals surface area contributed by atoms with Crippen molar-refractivity contribution in [1.82, 2.24) is 0 Å². The fraction of sp³-hybridized carbons (Fsp3) is 0.316. The molecule has 2 rings (SSSR count). The topological polar surface area (TPSA) is 47.6 Å². The quantitative estimate of drug-likeness (QED) is 0.765. The molecule has 1 atom stereocenters. The van der Waals surface area contributed by atoms with E-state index in [1.165, 1.54) is 14.2 Å². The van der Waals surface area contributed by atoms with E-state index < -0.39 is 35.0 Å². The normalized spacial score (nSPS) is 12.0. The van der Waals surface area contributed by atoms with Gasteiger partial charge in [-0.15, -0.1) is 0 Å². The van der Waals surface area contributed by atoms with E-state index in [4.69, 9.17) is 9.47 Å². The first-order valence-corrected chi connectivity index (χ1v) is 7.96. The van der Waals surface area contributed by atoms with Crippen molar-refractivity contribution in [2.75, 3.05) is 19.5 Å². The van der Waals surface area contributed by atoms with Gasteiger partial charge in [-0.3, -0.25) is 4.79 Å². The molecule has 0 heterocycles. The largest absolute Gasteiger partial charge is 0.493 e. The summed E-state index contributed by atoms with van der Waals surface area (Å²) in [7, 11) is 2.97. The second-order valence-corrected chi connectivity index (χ2v) is 6.05. The van der Waals surface area contributed by atoms with Crippen molar-refractivity contribution in [2.24, 2.45) is 5.92 Å². The Morgan fingerprint density at radius 2 is 1.62 bits per heavy atom. The Morgan fingerprint density at radius 3 is 2.19 bits per heavy atom. The van der Waals surface area contributed by atoms with Crippen LogP contribution in [0.4, 0.5) is 18.9 Å². The predicted molar refractivity (Wildman–Crippen MR) is 92.1 cm³/mol. The van der Waals surface area contributed by atoms with Gasteiger partial charge in [0.15, 0.2) is 29.0 Å².